The van der Waals surface area contributed by atoms with Crippen LogP contribution in [0.2, 0.25) is 5.15 Å². The largest absolute Gasteiger partial charge is 0.455 e. The SMILES string of the molecule is Fc1ccc2nc(Cl)c3c4ccccc4oc3c2c1. The van der Waals surface area contributed by atoms with E-state index in [4.69, 9.17) is 16.0 Å². The minimum Gasteiger partial charge on any atom is -0.455 e. The fourth-order valence-electron chi connectivity index (χ4n) is 2.39. The summed E-state index contributed by atoms with van der Waals surface area (Å²) in [7, 11) is 0. The summed E-state index contributed by atoms with van der Waals surface area (Å²) >= 11 is 6.23. The van der Waals surface area contributed by atoms with Gasteiger partial charge in [0.2, 0.25) is 0 Å². The van der Waals surface area contributed by atoms with Crippen molar-refractivity contribution in [2.75, 3.05) is 0 Å². The molecule has 4 aromatic rings. The molecule has 0 atom stereocenters. The molecule has 0 fully saturated rings. The van der Waals surface area contributed by atoms with Crippen molar-refractivity contribution in [1.29, 1.82) is 0 Å². The monoisotopic (exact) mass is 271 g/mol. The highest BCUT2D eigenvalue weighted by Gasteiger charge is 2.15. The molecule has 4 rings (SSSR count). The van der Waals surface area contributed by atoms with Gasteiger partial charge in [0.1, 0.15) is 22.1 Å². The number of fused-ring (bicyclic) bond motifs is 5. The first-order valence-electron chi connectivity index (χ1n) is 5.80. The van der Waals surface area contributed by atoms with E-state index in [0.717, 1.165) is 16.4 Å². The quantitative estimate of drug-likeness (QED) is 0.424. The molecule has 0 aliphatic heterocycles. The van der Waals surface area contributed by atoms with E-state index in [1.165, 1.54) is 12.1 Å². The molecule has 0 aliphatic rings. The zero-order valence-corrected chi connectivity index (χ0v) is 10.4. The molecule has 19 heavy (non-hydrogen) atoms. The second-order valence-corrected chi connectivity index (χ2v) is 4.72. The van der Waals surface area contributed by atoms with Crippen LogP contribution in [0.15, 0.2) is 46.9 Å². The summed E-state index contributed by atoms with van der Waals surface area (Å²) in [6, 6.07) is 11.9. The highest BCUT2D eigenvalue weighted by Crippen LogP contribution is 2.37. The Labute approximate surface area is 112 Å². The van der Waals surface area contributed by atoms with Crippen LogP contribution in [-0.2, 0) is 0 Å². The Morgan fingerprint density at radius 3 is 2.79 bits per heavy atom. The van der Waals surface area contributed by atoms with Gasteiger partial charge in [0.25, 0.3) is 0 Å². The fraction of sp³-hybridized carbons (Fsp3) is 0. The number of benzene rings is 2. The van der Waals surface area contributed by atoms with Crippen LogP contribution in [-0.4, -0.2) is 4.98 Å². The first-order chi connectivity index (χ1) is 9.24. The van der Waals surface area contributed by atoms with Gasteiger partial charge in [-0.05, 0) is 24.3 Å². The van der Waals surface area contributed by atoms with E-state index >= 15 is 0 Å². The Morgan fingerprint density at radius 1 is 1.05 bits per heavy atom. The van der Waals surface area contributed by atoms with E-state index in [2.05, 4.69) is 4.98 Å². The number of para-hydroxylation sites is 1. The number of rotatable bonds is 0. The molecular weight excluding hydrogens is 265 g/mol. The lowest BCUT2D eigenvalue weighted by molar-refractivity contribution is 0.628. The average Bonchev–Trinajstić information content (AvgIpc) is 2.80. The highest BCUT2D eigenvalue weighted by atomic mass is 35.5. The Bertz CT molecular complexity index is 945. The Morgan fingerprint density at radius 2 is 1.89 bits per heavy atom. The molecule has 0 bridgehead atoms. The maximum Gasteiger partial charge on any atom is 0.148 e. The Balaban J connectivity index is 2.35. The molecular formula is C15H7ClFNO. The summed E-state index contributed by atoms with van der Waals surface area (Å²) in [6.45, 7) is 0. The van der Waals surface area contributed by atoms with Gasteiger partial charge in [0.15, 0.2) is 0 Å². The maximum absolute atomic E-state index is 13.4. The van der Waals surface area contributed by atoms with Crippen LogP contribution in [0.1, 0.15) is 0 Å². The van der Waals surface area contributed by atoms with Crippen LogP contribution in [0.5, 0.6) is 0 Å². The van der Waals surface area contributed by atoms with Crippen LogP contribution in [0.4, 0.5) is 4.39 Å². The summed E-state index contributed by atoms with van der Waals surface area (Å²) in [6.07, 6.45) is 0. The molecule has 2 aromatic carbocycles. The first-order valence-corrected chi connectivity index (χ1v) is 6.18. The zero-order valence-electron chi connectivity index (χ0n) is 9.65. The number of hydrogen-bond donors (Lipinski definition) is 0. The molecule has 0 radical (unpaired) electrons. The second kappa shape index (κ2) is 3.68. The summed E-state index contributed by atoms with van der Waals surface area (Å²) in [4.78, 5) is 4.31. The van der Waals surface area contributed by atoms with Crippen molar-refractivity contribution in [3.8, 4) is 0 Å². The zero-order chi connectivity index (χ0) is 13.0. The lowest BCUT2D eigenvalue weighted by Crippen LogP contribution is -1.83. The fourth-order valence-corrected chi connectivity index (χ4v) is 2.67. The van der Waals surface area contributed by atoms with E-state index in [1.807, 2.05) is 24.3 Å². The van der Waals surface area contributed by atoms with Gasteiger partial charge in [-0.3, -0.25) is 0 Å². The van der Waals surface area contributed by atoms with Crippen LogP contribution >= 0.6 is 11.6 Å². The Hall–Kier alpha value is -2.13. The van der Waals surface area contributed by atoms with Gasteiger partial charge in [0, 0.05) is 10.8 Å². The smallest absolute Gasteiger partial charge is 0.148 e. The van der Waals surface area contributed by atoms with Gasteiger partial charge in [-0.1, -0.05) is 29.8 Å². The van der Waals surface area contributed by atoms with Crippen molar-refractivity contribution < 1.29 is 8.81 Å². The Kier molecular flexibility index (Phi) is 2.09. The predicted molar refractivity (Wildman–Crippen MR) is 74.0 cm³/mol. The number of aromatic nitrogens is 1. The second-order valence-electron chi connectivity index (χ2n) is 4.37. The van der Waals surface area contributed by atoms with Crippen molar-refractivity contribution in [2.24, 2.45) is 0 Å². The van der Waals surface area contributed by atoms with Crippen molar-refractivity contribution in [3.05, 3.63) is 53.4 Å². The molecule has 0 saturated heterocycles. The lowest BCUT2D eigenvalue weighted by Gasteiger charge is -2.00. The van der Waals surface area contributed by atoms with Crippen molar-refractivity contribution in [2.45, 2.75) is 0 Å². The first kappa shape index (κ1) is 10.8. The van der Waals surface area contributed by atoms with Crippen molar-refractivity contribution in [3.63, 3.8) is 0 Å². The summed E-state index contributed by atoms with van der Waals surface area (Å²) < 4.78 is 19.2. The van der Waals surface area contributed by atoms with E-state index < -0.39 is 0 Å². The molecule has 0 saturated carbocycles. The minimum absolute atomic E-state index is 0.321. The van der Waals surface area contributed by atoms with Crippen LogP contribution < -0.4 is 0 Å². The third-order valence-corrected chi connectivity index (χ3v) is 3.50. The molecule has 92 valence electrons. The van der Waals surface area contributed by atoms with Gasteiger partial charge in [-0.2, -0.15) is 0 Å². The van der Waals surface area contributed by atoms with Crippen LogP contribution in [0, 0.1) is 5.82 Å². The van der Waals surface area contributed by atoms with E-state index in [-0.39, 0.29) is 5.82 Å². The van der Waals surface area contributed by atoms with E-state index in [9.17, 15) is 4.39 Å². The molecule has 0 unspecified atom stereocenters. The van der Waals surface area contributed by atoms with Crippen LogP contribution in [0.3, 0.4) is 0 Å². The third kappa shape index (κ3) is 1.45. The van der Waals surface area contributed by atoms with Gasteiger partial charge >= 0.3 is 0 Å². The number of nitrogens with zero attached hydrogens (tertiary/aromatic N) is 1. The standard InChI is InChI=1S/C15H7ClFNO/c16-15-13-9-3-1-2-4-12(9)19-14(13)10-7-8(17)5-6-11(10)18-15/h1-7H. The van der Waals surface area contributed by atoms with Gasteiger partial charge in [-0.15, -0.1) is 0 Å². The summed E-state index contributed by atoms with van der Waals surface area (Å²) in [5.41, 5.74) is 1.92. The van der Waals surface area contributed by atoms with Crippen molar-refractivity contribution in [1.82, 2.24) is 4.98 Å². The normalized spacial score (nSPS) is 11.7. The topological polar surface area (TPSA) is 26.0 Å². The number of halogens is 2. The molecule has 0 amide bonds. The average molecular weight is 272 g/mol. The molecule has 0 N–H and O–H groups in total. The minimum atomic E-state index is -0.321. The summed E-state index contributed by atoms with van der Waals surface area (Å²) in [5.74, 6) is -0.321. The number of furan rings is 1. The van der Waals surface area contributed by atoms with E-state index in [0.29, 0.717) is 21.6 Å². The number of hydrogen-bond acceptors (Lipinski definition) is 2. The molecule has 0 aliphatic carbocycles. The molecule has 0 spiro atoms. The highest BCUT2D eigenvalue weighted by molar-refractivity contribution is 6.38. The summed E-state index contributed by atoms with van der Waals surface area (Å²) in [5, 5.41) is 2.63. The predicted octanol–water partition coefficient (Wildman–Crippen LogP) is 4.93. The maximum atomic E-state index is 13.4. The molecule has 2 heterocycles. The molecule has 4 heteroatoms. The molecule has 2 nitrogen and oxygen atoms in total. The molecule has 2 aromatic heterocycles. The van der Waals surface area contributed by atoms with Gasteiger partial charge in [-0.25, -0.2) is 9.37 Å². The lowest BCUT2D eigenvalue weighted by atomic mass is 10.1. The van der Waals surface area contributed by atoms with Crippen molar-refractivity contribution >= 4 is 44.4 Å². The van der Waals surface area contributed by atoms with Crippen LogP contribution in [0.25, 0.3) is 32.8 Å². The van der Waals surface area contributed by atoms with Gasteiger partial charge in [0.05, 0.1) is 10.9 Å². The van der Waals surface area contributed by atoms with E-state index in [1.54, 1.807) is 6.07 Å². The third-order valence-electron chi connectivity index (χ3n) is 3.22. The number of pyridine rings is 1. The van der Waals surface area contributed by atoms with Gasteiger partial charge < -0.3 is 4.42 Å².